The number of rotatable bonds is 4. The summed E-state index contributed by atoms with van der Waals surface area (Å²) in [5, 5.41) is 0.562. The number of hydrogen-bond acceptors (Lipinski definition) is 3. The van der Waals surface area contributed by atoms with Gasteiger partial charge in [0, 0.05) is 6.07 Å². The van der Waals surface area contributed by atoms with Gasteiger partial charge in [0.15, 0.2) is 5.43 Å². The normalized spacial score (nSPS) is 11.1. The van der Waals surface area contributed by atoms with E-state index in [1.807, 2.05) is 12.1 Å². The van der Waals surface area contributed by atoms with Crippen molar-refractivity contribution in [3.8, 4) is 5.75 Å². The summed E-state index contributed by atoms with van der Waals surface area (Å²) in [6.45, 7) is -0.850. The van der Waals surface area contributed by atoms with Crippen molar-refractivity contribution in [3.63, 3.8) is 0 Å². The van der Waals surface area contributed by atoms with E-state index in [2.05, 4.69) is 0 Å². The fraction of sp³-hybridized carbons (Fsp3) is 0.0556. The quantitative estimate of drug-likeness (QED) is 0.721. The van der Waals surface area contributed by atoms with E-state index >= 15 is 0 Å². The molecular weight excluding hydrogens is 283 g/mol. The number of benzene rings is 2. The molecule has 0 bridgehead atoms. The Morgan fingerprint density at radius 3 is 2.59 bits per heavy atom. The summed E-state index contributed by atoms with van der Waals surface area (Å²) < 4.78 is 22.4. The molecule has 0 atom stereocenters. The third-order valence-corrected chi connectivity index (χ3v) is 3.20. The first kappa shape index (κ1) is 14.1. The van der Waals surface area contributed by atoms with Gasteiger partial charge in [-0.1, -0.05) is 30.3 Å². The molecule has 22 heavy (non-hydrogen) atoms. The van der Waals surface area contributed by atoms with E-state index < -0.39 is 6.86 Å². The highest BCUT2D eigenvalue weighted by atomic mass is 19.1. The Labute approximate surface area is 126 Å². The predicted octanol–water partition coefficient (Wildman–Crippen LogP) is 4.27. The van der Waals surface area contributed by atoms with Crippen LogP contribution in [0.1, 0.15) is 11.3 Å². The van der Waals surface area contributed by atoms with Gasteiger partial charge in [0.25, 0.3) is 0 Å². The van der Waals surface area contributed by atoms with Crippen LogP contribution in [0, 0.1) is 0 Å². The molecular formula is C18H13FO3. The van der Waals surface area contributed by atoms with E-state index in [0.29, 0.717) is 22.5 Å². The maximum atomic E-state index is 12.0. The largest absolute Gasteiger partial charge is 0.463 e. The van der Waals surface area contributed by atoms with Crippen LogP contribution in [0.15, 0.2) is 63.8 Å². The van der Waals surface area contributed by atoms with Gasteiger partial charge in [-0.2, -0.15) is 0 Å². The highest BCUT2D eigenvalue weighted by Gasteiger charge is 2.01. The Morgan fingerprint density at radius 1 is 1.05 bits per heavy atom. The second-order valence-electron chi connectivity index (χ2n) is 4.66. The lowest BCUT2D eigenvalue weighted by Gasteiger charge is -2.01. The average molecular weight is 296 g/mol. The van der Waals surface area contributed by atoms with Crippen LogP contribution in [0.25, 0.3) is 23.1 Å². The molecule has 3 nitrogen and oxygen atoms in total. The number of para-hydroxylation sites is 1. The highest BCUT2D eigenvalue weighted by molar-refractivity contribution is 5.78. The molecule has 0 saturated heterocycles. The Hall–Kier alpha value is -2.88. The van der Waals surface area contributed by atoms with Gasteiger partial charge in [-0.05, 0) is 35.9 Å². The molecule has 0 radical (unpaired) electrons. The van der Waals surface area contributed by atoms with Crippen molar-refractivity contribution in [3.05, 3.63) is 76.1 Å². The lowest BCUT2D eigenvalue weighted by Crippen LogP contribution is -1.99. The van der Waals surface area contributed by atoms with Crippen LogP contribution in [0.2, 0.25) is 0 Å². The van der Waals surface area contributed by atoms with Gasteiger partial charge >= 0.3 is 0 Å². The van der Waals surface area contributed by atoms with Gasteiger partial charge in [0.2, 0.25) is 6.86 Å². The molecule has 0 N–H and O–H groups in total. The van der Waals surface area contributed by atoms with Crippen molar-refractivity contribution in [2.75, 3.05) is 6.86 Å². The zero-order chi connectivity index (χ0) is 15.4. The Balaban J connectivity index is 1.87. The van der Waals surface area contributed by atoms with E-state index in [-0.39, 0.29) is 5.43 Å². The molecule has 110 valence electrons. The van der Waals surface area contributed by atoms with Crippen molar-refractivity contribution < 1.29 is 13.5 Å². The van der Waals surface area contributed by atoms with Crippen LogP contribution in [0.3, 0.4) is 0 Å². The Bertz CT molecular complexity index is 863. The van der Waals surface area contributed by atoms with E-state index in [9.17, 15) is 9.18 Å². The van der Waals surface area contributed by atoms with Crippen LogP contribution in [-0.2, 0) is 0 Å². The zero-order valence-electron chi connectivity index (χ0n) is 11.7. The molecule has 2 aromatic carbocycles. The molecule has 0 aliphatic heterocycles. The van der Waals surface area contributed by atoms with Gasteiger partial charge in [-0.3, -0.25) is 4.79 Å². The summed E-state index contributed by atoms with van der Waals surface area (Å²) in [7, 11) is 0. The van der Waals surface area contributed by atoms with Gasteiger partial charge in [0.1, 0.15) is 17.1 Å². The lowest BCUT2D eigenvalue weighted by atomic mass is 10.2. The second kappa shape index (κ2) is 6.26. The third-order valence-electron chi connectivity index (χ3n) is 3.20. The maximum Gasteiger partial charge on any atom is 0.228 e. The number of alkyl halides is 1. The molecule has 0 fully saturated rings. The van der Waals surface area contributed by atoms with E-state index in [1.54, 1.807) is 48.5 Å². The highest BCUT2D eigenvalue weighted by Crippen LogP contribution is 2.16. The molecule has 0 amide bonds. The summed E-state index contributed by atoms with van der Waals surface area (Å²) in [6, 6.07) is 15.5. The zero-order valence-corrected chi connectivity index (χ0v) is 11.7. The molecule has 0 unspecified atom stereocenters. The van der Waals surface area contributed by atoms with Gasteiger partial charge in [-0.15, -0.1) is 0 Å². The van der Waals surface area contributed by atoms with E-state index in [1.165, 1.54) is 6.07 Å². The molecule has 0 aliphatic rings. The van der Waals surface area contributed by atoms with Crippen LogP contribution < -0.4 is 10.2 Å². The molecule has 1 aromatic heterocycles. The summed E-state index contributed by atoms with van der Waals surface area (Å²) >= 11 is 0. The first-order valence-electron chi connectivity index (χ1n) is 6.76. The minimum Gasteiger partial charge on any atom is -0.463 e. The third kappa shape index (κ3) is 3.06. The van der Waals surface area contributed by atoms with E-state index in [0.717, 1.165) is 5.56 Å². The van der Waals surface area contributed by atoms with Crippen LogP contribution in [-0.4, -0.2) is 6.86 Å². The molecule has 0 saturated carbocycles. The van der Waals surface area contributed by atoms with Crippen molar-refractivity contribution in [2.45, 2.75) is 0 Å². The van der Waals surface area contributed by atoms with Crippen molar-refractivity contribution in [2.24, 2.45) is 0 Å². The molecule has 0 spiro atoms. The minimum atomic E-state index is -0.850. The van der Waals surface area contributed by atoms with Crippen molar-refractivity contribution in [1.29, 1.82) is 0 Å². The summed E-state index contributed by atoms with van der Waals surface area (Å²) in [4.78, 5) is 12.0. The lowest BCUT2D eigenvalue weighted by molar-refractivity contribution is 0.192. The number of halogens is 1. The van der Waals surface area contributed by atoms with Crippen LogP contribution >= 0.6 is 0 Å². The van der Waals surface area contributed by atoms with Crippen LogP contribution in [0.5, 0.6) is 5.75 Å². The SMILES string of the molecule is O=c1cc(C=Cc2ccc(OCF)cc2)oc2ccccc12. The number of fused-ring (bicyclic) bond motifs is 1. The average Bonchev–Trinajstić information content (AvgIpc) is 2.55. The monoisotopic (exact) mass is 296 g/mol. The molecule has 3 rings (SSSR count). The Morgan fingerprint density at radius 2 is 1.82 bits per heavy atom. The predicted molar refractivity (Wildman–Crippen MR) is 84.5 cm³/mol. The molecule has 4 heteroatoms. The number of ether oxygens (including phenoxy) is 1. The standard InChI is InChI=1S/C18H13FO3/c19-12-21-14-8-5-13(6-9-14)7-10-15-11-17(20)16-3-1-2-4-18(16)22-15/h1-11H,12H2. The fourth-order valence-corrected chi connectivity index (χ4v) is 2.12. The first-order valence-corrected chi connectivity index (χ1v) is 6.76. The smallest absolute Gasteiger partial charge is 0.228 e. The fourth-order valence-electron chi connectivity index (χ4n) is 2.12. The molecule has 0 aliphatic carbocycles. The summed E-state index contributed by atoms with van der Waals surface area (Å²) in [5.41, 5.74) is 1.37. The second-order valence-corrected chi connectivity index (χ2v) is 4.66. The first-order chi connectivity index (χ1) is 10.8. The topological polar surface area (TPSA) is 39.4 Å². The van der Waals surface area contributed by atoms with Crippen molar-refractivity contribution in [1.82, 2.24) is 0 Å². The maximum absolute atomic E-state index is 12.0. The number of hydrogen-bond donors (Lipinski definition) is 0. The van der Waals surface area contributed by atoms with Gasteiger partial charge in [-0.25, -0.2) is 4.39 Å². The molecule has 1 heterocycles. The summed E-state index contributed by atoms with van der Waals surface area (Å²) in [6.07, 6.45) is 3.53. The molecule has 3 aromatic rings. The van der Waals surface area contributed by atoms with Gasteiger partial charge in [0.05, 0.1) is 5.39 Å². The summed E-state index contributed by atoms with van der Waals surface area (Å²) in [5.74, 6) is 0.949. The van der Waals surface area contributed by atoms with Crippen molar-refractivity contribution >= 4 is 23.1 Å². The van der Waals surface area contributed by atoms with Crippen LogP contribution in [0.4, 0.5) is 4.39 Å². The van der Waals surface area contributed by atoms with E-state index in [4.69, 9.17) is 9.15 Å². The van der Waals surface area contributed by atoms with Gasteiger partial charge < -0.3 is 9.15 Å². The Kier molecular flexibility index (Phi) is 4.01. The minimum absolute atomic E-state index is 0.0757.